The number of carbonyl (C=O) groups excluding carboxylic acids is 1. The van der Waals surface area contributed by atoms with Crippen molar-refractivity contribution < 1.29 is 9.53 Å². The zero-order chi connectivity index (χ0) is 9.97. The van der Waals surface area contributed by atoms with Crippen molar-refractivity contribution in [2.75, 3.05) is 6.61 Å². The highest BCUT2D eigenvalue weighted by molar-refractivity contribution is 5.69. The lowest BCUT2D eigenvalue weighted by Crippen LogP contribution is -2.44. The van der Waals surface area contributed by atoms with Gasteiger partial charge in [-0.1, -0.05) is 12.7 Å². The first-order chi connectivity index (χ1) is 6.83. The van der Waals surface area contributed by atoms with E-state index in [2.05, 4.69) is 6.58 Å². The molecule has 2 atom stereocenters. The van der Waals surface area contributed by atoms with E-state index >= 15 is 0 Å². The van der Waals surface area contributed by atoms with Crippen molar-refractivity contribution in [3.8, 4) is 0 Å². The van der Waals surface area contributed by atoms with Crippen molar-refractivity contribution in [2.45, 2.75) is 44.2 Å². The van der Waals surface area contributed by atoms with Crippen molar-refractivity contribution in [1.82, 2.24) is 4.90 Å². The molecule has 0 aromatic heterocycles. The van der Waals surface area contributed by atoms with Crippen LogP contribution in [0.4, 0.5) is 4.79 Å². The zero-order valence-electron chi connectivity index (χ0n) is 8.45. The summed E-state index contributed by atoms with van der Waals surface area (Å²) < 4.78 is 5.08. The van der Waals surface area contributed by atoms with E-state index in [0.29, 0.717) is 18.7 Å². The first-order valence-corrected chi connectivity index (χ1v) is 5.39. The topological polar surface area (TPSA) is 29.5 Å². The van der Waals surface area contributed by atoms with E-state index in [1.807, 2.05) is 4.90 Å². The summed E-state index contributed by atoms with van der Waals surface area (Å²) in [5.41, 5.74) is 0. The lowest BCUT2D eigenvalue weighted by Gasteiger charge is -2.33. The minimum atomic E-state index is -0.142. The van der Waals surface area contributed by atoms with Crippen molar-refractivity contribution in [3.05, 3.63) is 12.7 Å². The van der Waals surface area contributed by atoms with Gasteiger partial charge >= 0.3 is 6.09 Å². The van der Waals surface area contributed by atoms with E-state index < -0.39 is 0 Å². The van der Waals surface area contributed by atoms with Gasteiger partial charge in [-0.15, -0.1) is 0 Å². The highest BCUT2D eigenvalue weighted by Gasteiger charge is 2.40. The molecule has 3 nitrogen and oxygen atoms in total. The number of fused-ring (bicyclic) bond motifs is 2. The molecule has 1 amide bonds. The number of hydrogen-bond acceptors (Lipinski definition) is 2. The highest BCUT2D eigenvalue weighted by atomic mass is 16.6. The molecule has 3 heteroatoms. The molecule has 0 unspecified atom stereocenters. The van der Waals surface area contributed by atoms with E-state index in [4.69, 9.17) is 4.74 Å². The smallest absolute Gasteiger partial charge is 0.410 e. The number of piperidine rings is 1. The first kappa shape index (κ1) is 9.56. The second kappa shape index (κ2) is 4.03. The second-order valence-electron chi connectivity index (χ2n) is 4.09. The lowest BCUT2D eigenvalue weighted by atomic mass is 10.0. The SMILES string of the molecule is C=CCOC(=O)N1[C@@H]2CCC[C@H]1CC2. The van der Waals surface area contributed by atoms with Crippen LogP contribution in [0, 0.1) is 0 Å². The van der Waals surface area contributed by atoms with Crippen LogP contribution in [0.1, 0.15) is 32.1 Å². The predicted molar refractivity (Wildman–Crippen MR) is 54.0 cm³/mol. The molecular weight excluding hydrogens is 178 g/mol. The third-order valence-electron chi connectivity index (χ3n) is 3.23. The summed E-state index contributed by atoms with van der Waals surface area (Å²) in [7, 11) is 0. The summed E-state index contributed by atoms with van der Waals surface area (Å²) in [6.07, 6.45) is 7.36. The minimum Gasteiger partial charge on any atom is -0.445 e. The molecule has 2 aliphatic rings. The fourth-order valence-corrected chi connectivity index (χ4v) is 2.62. The van der Waals surface area contributed by atoms with Crippen molar-refractivity contribution in [1.29, 1.82) is 0 Å². The Morgan fingerprint density at radius 1 is 1.36 bits per heavy atom. The van der Waals surface area contributed by atoms with Crippen LogP contribution in [-0.4, -0.2) is 29.7 Å². The maximum absolute atomic E-state index is 11.7. The number of rotatable bonds is 2. The summed E-state index contributed by atoms with van der Waals surface area (Å²) in [5.74, 6) is 0. The van der Waals surface area contributed by atoms with Gasteiger partial charge in [0.05, 0.1) is 0 Å². The van der Waals surface area contributed by atoms with E-state index in [0.717, 1.165) is 25.7 Å². The molecule has 0 aromatic carbocycles. The van der Waals surface area contributed by atoms with Gasteiger partial charge in [0.1, 0.15) is 6.61 Å². The summed E-state index contributed by atoms with van der Waals surface area (Å²) >= 11 is 0. The Hall–Kier alpha value is -0.990. The van der Waals surface area contributed by atoms with Crippen LogP contribution in [0.3, 0.4) is 0 Å². The number of carbonyl (C=O) groups is 1. The Labute approximate surface area is 84.7 Å². The van der Waals surface area contributed by atoms with Gasteiger partial charge in [0.25, 0.3) is 0 Å². The molecule has 2 bridgehead atoms. The van der Waals surface area contributed by atoms with Crippen LogP contribution in [0.25, 0.3) is 0 Å². The van der Waals surface area contributed by atoms with Gasteiger partial charge in [0, 0.05) is 12.1 Å². The van der Waals surface area contributed by atoms with Gasteiger partial charge in [0.15, 0.2) is 0 Å². The minimum absolute atomic E-state index is 0.142. The maximum Gasteiger partial charge on any atom is 0.410 e. The van der Waals surface area contributed by atoms with E-state index in [9.17, 15) is 4.79 Å². The van der Waals surface area contributed by atoms with Crippen molar-refractivity contribution in [2.24, 2.45) is 0 Å². The van der Waals surface area contributed by atoms with Crippen LogP contribution in [0.2, 0.25) is 0 Å². The zero-order valence-corrected chi connectivity index (χ0v) is 8.45. The van der Waals surface area contributed by atoms with E-state index in [1.54, 1.807) is 6.08 Å². The Bertz CT molecular complexity index is 223. The van der Waals surface area contributed by atoms with Gasteiger partial charge in [-0.3, -0.25) is 0 Å². The standard InChI is InChI=1S/C11H17NO2/c1-2-8-14-11(13)12-9-4-3-5-10(12)7-6-9/h2,9-10H,1,3-8H2/t9-,10+. The Balaban J connectivity index is 1.96. The van der Waals surface area contributed by atoms with Crippen LogP contribution in [0.15, 0.2) is 12.7 Å². The molecule has 0 radical (unpaired) electrons. The predicted octanol–water partition coefficient (Wildman–Crippen LogP) is 2.33. The molecule has 0 N–H and O–H groups in total. The van der Waals surface area contributed by atoms with Gasteiger partial charge < -0.3 is 9.64 Å². The van der Waals surface area contributed by atoms with Gasteiger partial charge in [0.2, 0.25) is 0 Å². The molecule has 2 fully saturated rings. The van der Waals surface area contributed by atoms with Crippen LogP contribution in [-0.2, 0) is 4.74 Å². The third-order valence-corrected chi connectivity index (χ3v) is 3.23. The summed E-state index contributed by atoms with van der Waals surface area (Å²) in [4.78, 5) is 13.6. The van der Waals surface area contributed by atoms with Gasteiger partial charge in [-0.2, -0.15) is 0 Å². The number of ether oxygens (including phenoxy) is 1. The largest absolute Gasteiger partial charge is 0.445 e. The molecule has 0 aliphatic carbocycles. The van der Waals surface area contributed by atoms with Crippen molar-refractivity contribution in [3.63, 3.8) is 0 Å². The van der Waals surface area contributed by atoms with Crippen LogP contribution < -0.4 is 0 Å². The molecule has 0 spiro atoms. The molecular formula is C11H17NO2. The van der Waals surface area contributed by atoms with Crippen LogP contribution >= 0.6 is 0 Å². The fraction of sp³-hybridized carbons (Fsp3) is 0.727. The second-order valence-corrected chi connectivity index (χ2v) is 4.09. The molecule has 0 saturated carbocycles. The molecule has 0 aromatic rings. The van der Waals surface area contributed by atoms with E-state index in [-0.39, 0.29) is 6.09 Å². The van der Waals surface area contributed by atoms with Gasteiger partial charge in [-0.05, 0) is 32.1 Å². The third kappa shape index (κ3) is 1.63. The number of nitrogens with zero attached hydrogens (tertiary/aromatic N) is 1. The summed E-state index contributed by atoms with van der Waals surface area (Å²) in [5, 5.41) is 0. The molecule has 2 heterocycles. The average Bonchev–Trinajstić information content (AvgIpc) is 2.45. The van der Waals surface area contributed by atoms with Crippen molar-refractivity contribution >= 4 is 6.09 Å². The van der Waals surface area contributed by atoms with E-state index in [1.165, 1.54) is 6.42 Å². The molecule has 2 saturated heterocycles. The summed E-state index contributed by atoms with van der Waals surface area (Å²) in [6, 6.07) is 0.900. The van der Waals surface area contributed by atoms with Crippen LogP contribution in [0.5, 0.6) is 0 Å². The molecule has 2 rings (SSSR count). The quantitative estimate of drug-likeness (QED) is 0.633. The Kier molecular flexibility index (Phi) is 2.75. The lowest BCUT2D eigenvalue weighted by molar-refractivity contribution is 0.0774. The highest BCUT2D eigenvalue weighted by Crippen LogP contribution is 2.35. The normalized spacial score (nSPS) is 30.1. The maximum atomic E-state index is 11.7. The molecule has 2 aliphatic heterocycles. The molecule has 14 heavy (non-hydrogen) atoms. The monoisotopic (exact) mass is 195 g/mol. The Morgan fingerprint density at radius 2 is 2.00 bits per heavy atom. The summed E-state index contributed by atoms with van der Waals surface area (Å²) in [6.45, 7) is 3.86. The number of amides is 1. The number of hydrogen-bond donors (Lipinski definition) is 0. The average molecular weight is 195 g/mol. The first-order valence-electron chi connectivity index (χ1n) is 5.39. The van der Waals surface area contributed by atoms with Gasteiger partial charge in [-0.25, -0.2) is 4.79 Å². The molecule has 78 valence electrons. The Morgan fingerprint density at radius 3 is 2.57 bits per heavy atom. The fourth-order valence-electron chi connectivity index (χ4n) is 2.62.